The molecule has 134 valence electrons. The number of carbonyl (C=O) groups excluding carboxylic acids is 2. The van der Waals surface area contributed by atoms with Gasteiger partial charge in [0, 0.05) is 18.7 Å². The first kappa shape index (κ1) is 17.5. The maximum Gasteiger partial charge on any atom is 0.251 e. The Kier molecular flexibility index (Phi) is 5.21. The Morgan fingerprint density at radius 3 is 2.69 bits per heavy atom. The number of para-hydroxylation sites is 1. The summed E-state index contributed by atoms with van der Waals surface area (Å²) < 4.78 is 15.0. The number of hydrogen-bond donors (Lipinski definition) is 2. The van der Waals surface area contributed by atoms with Crippen molar-refractivity contribution in [2.45, 2.75) is 13.5 Å². The molecule has 3 aromatic rings. The molecule has 0 unspecified atom stereocenters. The van der Waals surface area contributed by atoms with E-state index in [1.165, 1.54) is 10.7 Å². The standard InChI is InChI=1S/C18H18FN5O2/c1-12-6-7-13(10-14(12)19)18(26)21-9-8-20-17(25)11-24-16-5-3-2-4-15(16)22-23-24/h2-7,10H,8-9,11H2,1H3,(H,20,25)(H,21,26). The van der Waals surface area contributed by atoms with E-state index in [1.807, 2.05) is 24.3 Å². The maximum absolute atomic E-state index is 13.5. The van der Waals surface area contributed by atoms with E-state index in [9.17, 15) is 14.0 Å². The summed E-state index contributed by atoms with van der Waals surface area (Å²) >= 11 is 0. The SMILES string of the molecule is Cc1ccc(C(=O)NCCNC(=O)Cn2nnc3ccccc32)cc1F. The van der Waals surface area contributed by atoms with E-state index in [4.69, 9.17) is 0 Å². The largest absolute Gasteiger partial charge is 0.353 e. The molecule has 0 spiro atoms. The molecule has 0 saturated heterocycles. The summed E-state index contributed by atoms with van der Waals surface area (Å²) in [7, 11) is 0. The van der Waals surface area contributed by atoms with Crippen LogP contribution in [0.1, 0.15) is 15.9 Å². The van der Waals surface area contributed by atoms with Crippen LogP contribution in [0.2, 0.25) is 0 Å². The Bertz CT molecular complexity index is 954. The van der Waals surface area contributed by atoms with Gasteiger partial charge in [0.15, 0.2) is 0 Å². The van der Waals surface area contributed by atoms with Crippen LogP contribution in [0.15, 0.2) is 42.5 Å². The van der Waals surface area contributed by atoms with E-state index in [-0.39, 0.29) is 37.0 Å². The molecule has 3 rings (SSSR count). The molecule has 0 saturated carbocycles. The van der Waals surface area contributed by atoms with E-state index in [0.717, 1.165) is 11.0 Å². The van der Waals surface area contributed by atoms with Gasteiger partial charge in [-0.25, -0.2) is 9.07 Å². The van der Waals surface area contributed by atoms with Gasteiger partial charge < -0.3 is 10.6 Å². The smallest absolute Gasteiger partial charge is 0.251 e. The number of halogens is 1. The van der Waals surface area contributed by atoms with Gasteiger partial charge in [-0.15, -0.1) is 5.10 Å². The highest BCUT2D eigenvalue weighted by molar-refractivity contribution is 5.94. The lowest BCUT2D eigenvalue weighted by atomic mass is 10.1. The van der Waals surface area contributed by atoms with Crippen LogP contribution in [0.5, 0.6) is 0 Å². The highest BCUT2D eigenvalue weighted by atomic mass is 19.1. The van der Waals surface area contributed by atoms with Crippen molar-refractivity contribution in [1.82, 2.24) is 25.6 Å². The van der Waals surface area contributed by atoms with Crippen LogP contribution in [-0.2, 0) is 11.3 Å². The van der Waals surface area contributed by atoms with Gasteiger partial charge in [0.1, 0.15) is 17.9 Å². The summed E-state index contributed by atoms with van der Waals surface area (Å²) in [5.74, 6) is -1.05. The molecule has 8 heteroatoms. The molecular formula is C18H18FN5O2. The summed E-state index contributed by atoms with van der Waals surface area (Å²) in [5, 5.41) is 13.3. The van der Waals surface area contributed by atoms with Gasteiger partial charge in [-0.1, -0.05) is 23.4 Å². The third kappa shape index (κ3) is 4.02. The summed E-state index contributed by atoms with van der Waals surface area (Å²) in [6.07, 6.45) is 0. The van der Waals surface area contributed by atoms with Crippen LogP contribution in [0.25, 0.3) is 11.0 Å². The average molecular weight is 355 g/mol. The second kappa shape index (κ2) is 7.73. The number of fused-ring (bicyclic) bond motifs is 1. The van der Waals surface area contributed by atoms with Gasteiger partial charge in [0.25, 0.3) is 5.91 Å². The van der Waals surface area contributed by atoms with Crippen molar-refractivity contribution in [3.8, 4) is 0 Å². The Morgan fingerprint density at radius 2 is 1.88 bits per heavy atom. The molecule has 26 heavy (non-hydrogen) atoms. The topological polar surface area (TPSA) is 88.9 Å². The second-order valence-electron chi connectivity index (χ2n) is 5.81. The van der Waals surface area contributed by atoms with Crippen molar-refractivity contribution in [2.75, 3.05) is 13.1 Å². The molecule has 2 aromatic carbocycles. The van der Waals surface area contributed by atoms with Crippen LogP contribution in [0, 0.1) is 12.7 Å². The molecule has 0 bridgehead atoms. The molecule has 7 nitrogen and oxygen atoms in total. The number of hydrogen-bond acceptors (Lipinski definition) is 4. The molecule has 0 radical (unpaired) electrons. The maximum atomic E-state index is 13.5. The first-order valence-electron chi connectivity index (χ1n) is 8.14. The Morgan fingerprint density at radius 1 is 1.12 bits per heavy atom. The third-order valence-corrected chi connectivity index (χ3v) is 3.88. The van der Waals surface area contributed by atoms with Crippen LogP contribution >= 0.6 is 0 Å². The Hall–Kier alpha value is -3.29. The molecule has 1 heterocycles. The van der Waals surface area contributed by atoms with Crippen molar-refractivity contribution in [3.05, 3.63) is 59.4 Å². The number of amides is 2. The summed E-state index contributed by atoms with van der Waals surface area (Å²) in [6, 6.07) is 11.7. The minimum atomic E-state index is -0.425. The molecule has 2 amide bonds. The fourth-order valence-electron chi connectivity index (χ4n) is 2.44. The van der Waals surface area contributed by atoms with Gasteiger partial charge in [-0.2, -0.15) is 0 Å². The van der Waals surface area contributed by atoms with Gasteiger partial charge in [0.05, 0.1) is 5.52 Å². The third-order valence-electron chi connectivity index (χ3n) is 3.88. The number of rotatable bonds is 6. The van der Waals surface area contributed by atoms with Gasteiger partial charge in [-0.05, 0) is 36.8 Å². The van der Waals surface area contributed by atoms with Crippen molar-refractivity contribution >= 4 is 22.8 Å². The zero-order valence-electron chi connectivity index (χ0n) is 14.2. The van der Waals surface area contributed by atoms with Crippen molar-refractivity contribution < 1.29 is 14.0 Å². The zero-order valence-corrected chi connectivity index (χ0v) is 14.2. The average Bonchev–Trinajstić information content (AvgIpc) is 3.04. The van der Waals surface area contributed by atoms with E-state index in [1.54, 1.807) is 19.1 Å². The monoisotopic (exact) mass is 355 g/mol. The minimum absolute atomic E-state index is 0.0393. The lowest BCUT2D eigenvalue weighted by molar-refractivity contribution is -0.121. The Labute approximate surface area is 149 Å². The van der Waals surface area contributed by atoms with Gasteiger partial charge >= 0.3 is 0 Å². The molecule has 1 aromatic heterocycles. The number of nitrogens with zero attached hydrogens (tertiary/aromatic N) is 3. The molecule has 0 aliphatic carbocycles. The van der Waals surface area contributed by atoms with E-state index in [0.29, 0.717) is 5.56 Å². The molecule has 0 atom stereocenters. The normalized spacial score (nSPS) is 10.7. The first-order chi connectivity index (χ1) is 12.5. The molecule has 0 aliphatic heterocycles. The molecule has 0 fully saturated rings. The predicted molar refractivity (Wildman–Crippen MR) is 94.0 cm³/mol. The number of nitrogens with one attached hydrogen (secondary N) is 2. The van der Waals surface area contributed by atoms with Crippen molar-refractivity contribution in [3.63, 3.8) is 0 Å². The summed E-state index contributed by atoms with van der Waals surface area (Å²) in [4.78, 5) is 23.9. The minimum Gasteiger partial charge on any atom is -0.353 e. The first-order valence-corrected chi connectivity index (χ1v) is 8.14. The fraction of sp³-hybridized carbons (Fsp3) is 0.222. The number of carbonyl (C=O) groups is 2. The molecule has 2 N–H and O–H groups in total. The molecular weight excluding hydrogens is 337 g/mol. The number of benzene rings is 2. The van der Waals surface area contributed by atoms with Gasteiger partial charge in [-0.3, -0.25) is 9.59 Å². The quantitative estimate of drug-likeness (QED) is 0.655. The summed E-state index contributed by atoms with van der Waals surface area (Å²) in [5.41, 5.74) is 2.22. The number of aryl methyl sites for hydroxylation is 1. The van der Waals surface area contributed by atoms with Crippen molar-refractivity contribution in [2.24, 2.45) is 0 Å². The Balaban J connectivity index is 1.45. The van der Waals surface area contributed by atoms with E-state index < -0.39 is 5.82 Å². The van der Waals surface area contributed by atoms with Crippen LogP contribution in [0.4, 0.5) is 4.39 Å². The predicted octanol–water partition coefficient (Wildman–Crippen LogP) is 1.43. The lowest BCUT2D eigenvalue weighted by Crippen LogP contribution is -2.36. The highest BCUT2D eigenvalue weighted by Crippen LogP contribution is 2.09. The lowest BCUT2D eigenvalue weighted by Gasteiger charge is -2.08. The number of aromatic nitrogens is 3. The second-order valence-corrected chi connectivity index (χ2v) is 5.81. The van der Waals surface area contributed by atoms with Crippen molar-refractivity contribution in [1.29, 1.82) is 0 Å². The molecule has 0 aliphatic rings. The fourth-order valence-corrected chi connectivity index (χ4v) is 2.44. The van der Waals surface area contributed by atoms with Crippen LogP contribution in [0.3, 0.4) is 0 Å². The zero-order chi connectivity index (χ0) is 18.5. The van der Waals surface area contributed by atoms with Crippen LogP contribution in [-0.4, -0.2) is 39.9 Å². The van der Waals surface area contributed by atoms with Crippen LogP contribution < -0.4 is 10.6 Å². The summed E-state index contributed by atoms with van der Waals surface area (Å²) in [6.45, 7) is 2.16. The van der Waals surface area contributed by atoms with Gasteiger partial charge in [0.2, 0.25) is 5.91 Å². The van der Waals surface area contributed by atoms with E-state index in [2.05, 4.69) is 20.9 Å². The highest BCUT2D eigenvalue weighted by Gasteiger charge is 2.09. The van der Waals surface area contributed by atoms with E-state index >= 15 is 0 Å².